The van der Waals surface area contributed by atoms with Crippen LogP contribution in [-0.2, 0) is 9.59 Å². The van der Waals surface area contributed by atoms with Gasteiger partial charge in [0.25, 0.3) is 11.7 Å². The summed E-state index contributed by atoms with van der Waals surface area (Å²) >= 11 is 6.28. The van der Waals surface area contributed by atoms with E-state index in [0.717, 1.165) is 0 Å². The SMILES string of the molecule is CCOc1cccc(N2C(=O)C(=O)/C(=C(\O)c3ccc(OC)c(Cl)c3)C2c2ccc(OC)c(OC)c2)c1. The number of carbonyl (C=O) groups excluding carboxylic acids is 2. The van der Waals surface area contributed by atoms with E-state index in [0.29, 0.717) is 40.9 Å². The molecule has 1 fully saturated rings. The van der Waals surface area contributed by atoms with Crippen molar-refractivity contribution in [2.75, 3.05) is 32.8 Å². The summed E-state index contributed by atoms with van der Waals surface area (Å²) in [7, 11) is 4.47. The van der Waals surface area contributed by atoms with Gasteiger partial charge in [-0.15, -0.1) is 0 Å². The highest BCUT2D eigenvalue weighted by molar-refractivity contribution is 6.51. The van der Waals surface area contributed by atoms with E-state index in [2.05, 4.69) is 0 Å². The van der Waals surface area contributed by atoms with Crippen LogP contribution in [0.15, 0.2) is 66.2 Å². The third kappa shape index (κ3) is 4.80. The smallest absolute Gasteiger partial charge is 0.300 e. The van der Waals surface area contributed by atoms with Crippen LogP contribution in [0.2, 0.25) is 5.02 Å². The highest BCUT2D eigenvalue weighted by atomic mass is 35.5. The van der Waals surface area contributed by atoms with Crippen LogP contribution in [0, 0.1) is 0 Å². The molecule has 8 nitrogen and oxygen atoms in total. The minimum atomic E-state index is -0.974. The van der Waals surface area contributed by atoms with Gasteiger partial charge in [0.15, 0.2) is 11.5 Å². The van der Waals surface area contributed by atoms with Crippen molar-refractivity contribution in [2.45, 2.75) is 13.0 Å². The lowest BCUT2D eigenvalue weighted by molar-refractivity contribution is -0.132. The second-order valence-corrected chi connectivity index (χ2v) is 8.47. The van der Waals surface area contributed by atoms with Crippen LogP contribution in [0.1, 0.15) is 24.1 Å². The first-order chi connectivity index (χ1) is 17.8. The summed E-state index contributed by atoms with van der Waals surface area (Å²) in [5.41, 5.74) is 1.12. The Morgan fingerprint density at radius 2 is 1.62 bits per heavy atom. The zero-order valence-electron chi connectivity index (χ0n) is 20.8. The van der Waals surface area contributed by atoms with Crippen molar-refractivity contribution in [1.29, 1.82) is 0 Å². The first-order valence-electron chi connectivity index (χ1n) is 11.4. The number of nitrogens with zero attached hydrogens (tertiary/aromatic N) is 1. The topological polar surface area (TPSA) is 94.5 Å². The van der Waals surface area contributed by atoms with E-state index in [4.69, 9.17) is 30.5 Å². The van der Waals surface area contributed by atoms with Crippen LogP contribution < -0.4 is 23.8 Å². The van der Waals surface area contributed by atoms with Crippen LogP contribution in [0.4, 0.5) is 5.69 Å². The molecule has 0 radical (unpaired) electrons. The number of ether oxygens (including phenoxy) is 4. The largest absolute Gasteiger partial charge is 0.507 e. The summed E-state index contributed by atoms with van der Waals surface area (Å²) in [6.07, 6.45) is 0. The fourth-order valence-corrected chi connectivity index (χ4v) is 4.55. The number of aliphatic hydroxyl groups is 1. The molecule has 1 aliphatic heterocycles. The van der Waals surface area contributed by atoms with Gasteiger partial charge in [-0.3, -0.25) is 14.5 Å². The summed E-state index contributed by atoms with van der Waals surface area (Å²) < 4.78 is 21.6. The van der Waals surface area contributed by atoms with Crippen LogP contribution >= 0.6 is 11.6 Å². The third-order valence-electron chi connectivity index (χ3n) is 6.00. The van der Waals surface area contributed by atoms with Crippen molar-refractivity contribution >= 4 is 34.7 Å². The summed E-state index contributed by atoms with van der Waals surface area (Å²) in [6, 6.07) is 15.6. The average Bonchev–Trinajstić information content (AvgIpc) is 3.18. The molecule has 1 atom stereocenters. The van der Waals surface area contributed by atoms with Gasteiger partial charge in [-0.1, -0.05) is 23.7 Å². The van der Waals surface area contributed by atoms with Crippen molar-refractivity contribution in [1.82, 2.24) is 0 Å². The molecule has 4 rings (SSSR count). The summed E-state index contributed by atoms with van der Waals surface area (Å²) in [5.74, 6) is -0.186. The Morgan fingerprint density at radius 1 is 0.919 bits per heavy atom. The van der Waals surface area contributed by atoms with E-state index in [-0.39, 0.29) is 21.9 Å². The molecule has 0 spiro atoms. The lowest BCUT2D eigenvalue weighted by atomic mass is 9.94. The number of aliphatic hydroxyl groups excluding tert-OH is 1. The van der Waals surface area contributed by atoms with Gasteiger partial charge < -0.3 is 24.1 Å². The zero-order valence-corrected chi connectivity index (χ0v) is 21.5. The van der Waals surface area contributed by atoms with E-state index in [9.17, 15) is 14.7 Å². The molecule has 1 amide bonds. The number of ketones is 1. The molecule has 3 aromatic carbocycles. The number of carbonyl (C=O) groups is 2. The Balaban J connectivity index is 1.96. The molecular formula is C28H26ClNO7. The number of rotatable bonds is 8. The number of benzene rings is 3. The molecule has 9 heteroatoms. The van der Waals surface area contributed by atoms with E-state index in [1.54, 1.807) is 54.6 Å². The van der Waals surface area contributed by atoms with Gasteiger partial charge in [0.2, 0.25) is 0 Å². The van der Waals surface area contributed by atoms with Gasteiger partial charge in [0, 0.05) is 17.3 Å². The molecule has 0 aliphatic carbocycles. The predicted octanol–water partition coefficient (Wildman–Crippen LogP) is 5.39. The van der Waals surface area contributed by atoms with Gasteiger partial charge in [-0.2, -0.15) is 0 Å². The first-order valence-corrected chi connectivity index (χ1v) is 11.8. The molecule has 3 aromatic rings. The van der Waals surface area contributed by atoms with Crippen molar-refractivity contribution in [3.8, 4) is 23.0 Å². The highest BCUT2D eigenvalue weighted by Crippen LogP contribution is 2.45. The van der Waals surface area contributed by atoms with E-state index in [1.165, 1.54) is 32.3 Å². The Hall–Kier alpha value is -4.17. The number of amides is 1. The first kappa shape index (κ1) is 25.9. The maximum atomic E-state index is 13.4. The number of methoxy groups -OCH3 is 3. The second kappa shape index (κ2) is 10.8. The van der Waals surface area contributed by atoms with Gasteiger partial charge >= 0.3 is 0 Å². The standard InChI is InChI=1S/C28H26ClNO7/c1-5-37-19-8-6-7-18(15-19)30-25(16-9-12-22(35-3)23(14-16)36-4)24(27(32)28(30)33)26(31)17-10-11-21(34-2)20(29)13-17/h6-15,25,31H,5H2,1-4H3/b26-24-. The van der Waals surface area contributed by atoms with E-state index in [1.807, 2.05) is 6.92 Å². The fraction of sp³-hybridized carbons (Fsp3) is 0.214. The van der Waals surface area contributed by atoms with Crippen LogP contribution in [0.3, 0.4) is 0 Å². The van der Waals surface area contributed by atoms with Crippen molar-refractivity contribution in [3.05, 3.63) is 82.4 Å². The molecule has 1 heterocycles. The van der Waals surface area contributed by atoms with Crippen molar-refractivity contribution in [3.63, 3.8) is 0 Å². The number of halogens is 1. The predicted molar refractivity (Wildman–Crippen MR) is 140 cm³/mol. The zero-order chi connectivity index (χ0) is 26.7. The number of hydrogen-bond donors (Lipinski definition) is 1. The Morgan fingerprint density at radius 3 is 2.27 bits per heavy atom. The molecule has 1 aliphatic rings. The molecular weight excluding hydrogens is 498 g/mol. The van der Waals surface area contributed by atoms with Crippen molar-refractivity contribution < 1.29 is 33.6 Å². The monoisotopic (exact) mass is 523 g/mol. The number of hydrogen-bond acceptors (Lipinski definition) is 7. The molecule has 0 saturated carbocycles. The van der Waals surface area contributed by atoms with Crippen LogP contribution in [-0.4, -0.2) is 44.7 Å². The van der Waals surface area contributed by atoms with Gasteiger partial charge in [0.1, 0.15) is 17.3 Å². The van der Waals surface area contributed by atoms with Gasteiger partial charge in [0.05, 0.1) is 44.6 Å². The maximum absolute atomic E-state index is 13.4. The number of anilines is 1. The van der Waals surface area contributed by atoms with E-state index >= 15 is 0 Å². The molecule has 1 N–H and O–H groups in total. The Kier molecular flexibility index (Phi) is 7.59. The van der Waals surface area contributed by atoms with Crippen LogP contribution in [0.5, 0.6) is 23.0 Å². The lowest BCUT2D eigenvalue weighted by Gasteiger charge is -2.26. The second-order valence-electron chi connectivity index (χ2n) is 8.06. The fourth-order valence-electron chi connectivity index (χ4n) is 4.30. The highest BCUT2D eigenvalue weighted by Gasteiger charge is 2.47. The van der Waals surface area contributed by atoms with Gasteiger partial charge in [-0.25, -0.2) is 0 Å². The van der Waals surface area contributed by atoms with Crippen molar-refractivity contribution in [2.24, 2.45) is 0 Å². The molecule has 192 valence electrons. The summed E-state index contributed by atoms with van der Waals surface area (Å²) in [4.78, 5) is 28.2. The summed E-state index contributed by atoms with van der Waals surface area (Å²) in [5, 5.41) is 11.6. The normalized spacial score (nSPS) is 16.6. The maximum Gasteiger partial charge on any atom is 0.300 e. The Bertz CT molecular complexity index is 1380. The molecule has 0 aromatic heterocycles. The molecule has 0 bridgehead atoms. The third-order valence-corrected chi connectivity index (χ3v) is 6.30. The Labute approximate surface area is 219 Å². The van der Waals surface area contributed by atoms with Gasteiger partial charge in [-0.05, 0) is 55.0 Å². The lowest BCUT2D eigenvalue weighted by Crippen LogP contribution is -2.29. The molecule has 1 saturated heterocycles. The minimum absolute atomic E-state index is 0.0970. The summed E-state index contributed by atoms with van der Waals surface area (Å²) in [6.45, 7) is 2.28. The van der Waals surface area contributed by atoms with E-state index < -0.39 is 17.7 Å². The molecule has 37 heavy (non-hydrogen) atoms. The number of Topliss-reactive ketones (excluding diaryl/α,β-unsaturated/α-hetero) is 1. The average molecular weight is 524 g/mol. The van der Waals surface area contributed by atoms with Crippen LogP contribution in [0.25, 0.3) is 5.76 Å². The minimum Gasteiger partial charge on any atom is -0.507 e. The quantitative estimate of drug-likeness (QED) is 0.240. The molecule has 1 unspecified atom stereocenters.